The minimum atomic E-state index is 0. The third kappa shape index (κ3) is 6.63. The number of ether oxygens (including phenoxy) is 3. The van der Waals surface area contributed by atoms with E-state index in [2.05, 4.69) is 34.2 Å². The minimum absolute atomic E-state index is 0. The molecule has 1 aliphatic carbocycles. The fourth-order valence-electron chi connectivity index (χ4n) is 4.86. The zero-order valence-electron chi connectivity index (χ0n) is 19.6. The highest BCUT2D eigenvalue weighted by atomic mass is 127. The summed E-state index contributed by atoms with van der Waals surface area (Å²) in [5, 5.41) is 3.49. The second-order valence-electron chi connectivity index (χ2n) is 8.72. The molecule has 0 aromatic heterocycles. The molecule has 180 valence electrons. The third-order valence-electron chi connectivity index (χ3n) is 6.60. The van der Waals surface area contributed by atoms with E-state index in [1.54, 1.807) is 7.11 Å². The first-order valence-corrected chi connectivity index (χ1v) is 12.0. The number of aliphatic imine (C=N–C) groups is 1. The van der Waals surface area contributed by atoms with Gasteiger partial charge < -0.3 is 24.4 Å². The molecule has 2 heterocycles. The van der Waals surface area contributed by atoms with Gasteiger partial charge in [-0.2, -0.15) is 0 Å². The Kier molecular flexibility index (Phi) is 10.2. The minimum Gasteiger partial charge on any atom is -0.493 e. The van der Waals surface area contributed by atoms with Crippen LogP contribution in [0.3, 0.4) is 0 Å². The molecule has 32 heavy (non-hydrogen) atoms. The normalized spacial score (nSPS) is 22.6. The Labute approximate surface area is 209 Å². The number of hydrogen-bond acceptors (Lipinski definition) is 5. The number of likely N-dealkylation sites (tertiary alicyclic amines) is 1. The van der Waals surface area contributed by atoms with Gasteiger partial charge in [0.25, 0.3) is 0 Å². The second-order valence-corrected chi connectivity index (χ2v) is 8.72. The molecule has 1 N–H and O–H groups in total. The Hall–Kier alpha value is -1.26. The molecule has 2 saturated heterocycles. The molecule has 0 amide bonds. The molecule has 1 aromatic rings. The maximum atomic E-state index is 6.26. The van der Waals surface area contributed by atoms with Gasteiger partial charge in [0.05, 0.1) is 33.0 Å². The predicted octanol–water partition coefficient (Wildman–Crippen LogP) is 3.51. The summed E-state index contributed by atoms with van der Waals surface area (Å²) in [6.07, 6.45) is 6.28. The van der Waals surface area contributed by atoms with Gasteiger partial charge in [0.15, 0.2) is 17.5 Å². The van der Waals surface area contributed by atoms with E-state index in [9.17, 15) is 0 Å². The Bertz CT molecular complexity index is 736. The lowest BCUT2D eigenvalue weighted by Gasteiger charge is -2.32. The van der Waals surface area contributed by atoms with Crippen LogP contribution < -0.4 is 14.8 Å². The van der Waals surface area contributed by atoms with Crippen LogP contribution in [-0.4, -0.2) is 81.0 Å². The Morgan fingerprint density at radius 1 is 1.12 bits per heavy atom. The fourth-order valence-corrected chi connectivity index (χ4v) is 4.86. The highest BCUT2D eigenvalue weighted by molar-refractivity contribution is 14.0. The van der Waals surface area contributed by atoms with E-state index in [1.165, 1.54) is 19.3 Å². The highest BCUT2D eigenvalue weighted by Crippen LogP contribution is 2.32. The second kappa shape index (κ2) is 12.8. The zero-order valence-corrected chi connectivity index (χ0v) is 21.9. The Morgan fingerprint density at radius 3 is 2.62 bits per heavy atom. The Morgan fingerprint density at radius 2 is 1.91 bits per heavy atom. The quantitative estimate of drug-likeness (QED) is 0.314. The molecule has 8 heteroatoms. The molecular formula is C24H39IN4O3. The van der Waals surface area contributed by atoms with Crippen LogP contribution in [0.2, 0.25) is 0 Å². The van der Waals surface area contributed by atoms with Crippen molar-refractivity contribution >= 4 is 29.9 Å². The SMILES string of the molecule is CCNC(=NCc1ccc(OC)c(OC2CCCC2)c1)N1CCC(N2CCOCC2)C1.I. The molecule has 3 aliphatic rings. The first-order chi connectivity index (χ1) is 15.3. The van der Waals surface area contributed by atoms with E-state index in [-0.39, 0.29) is 24.0 Å². The van der Waals surface area contributed by atoms with Gasteiger partial charge in [-0.15, -0.1) is 24.0 Å². The van der Waals surface area contributed by atoms with Crippen molar-refractivity contribution in [2.24, 2.45) is 4.99 Å². The van der Waals surface area contributed by atoms with E-state index in [4.69, 9.17) is 19.2 Å². The third-order valence-corrected chi connectivity index (χ3v) is 6.60. The summed E-state index contributed by atoms with van der Waals surface area (Å²) in [5.74, 6) is 2.66. The lowest BCUT2D eigenvalue weighted by Crippen LogP contribution is -2.46. The molecule has 0 spiro atoms. The van der Waals surface area contributed by atoms with Crippen molar-refractivity contribution in [3.8, 4) is 11.5 Å². The molecule has 4 rings (SSSR count). The van der Waals surface area contributed by atoms with Crippen LogP contribution >= 0.6 is 24.0 Å². The van der Waals surface area contributed by atoms with E-state index in [0.717, 1.165) is 81.8 Å². The van der Waals surface area contributed by atoms with Crippen molar-refractivity contribution in [3.05, 3.63) is 23.8 Å². The Balaban J connectivity index is 0.00000289. The van der Waals surface area contributed by atoms with Crippen LogP contribution in [0, 0.1) is 0 Å². The molecule has 1 atom stereocenters. The van der Waals surface area contributed by atoms with Crippen LogP contribution in [0.5, 0.6) is 11.5 Å². The average molecular weight is 559 g/mol. The first kappa shape index (κ1) is 25.4. The van der Waals surface area contributed by atoms with Crippen molar-refractivity contribution in [1.82, 2.24) is 15.1 Å². The predicted molar refractivity (Wildman–Crippen MR) is 138 cm³/mol. The van der Waals surface area contributed by atoms with Gasteiger partial charge in [-0.05, 0) is 56.7 Å². The molecule has 7 nitrogen and oxygen atoms in total. The number of halogens is 1. The van der Waals surface area contributed by atoms with Crippen LogP contribution in [0.25, 0.3) is 0 Å². The van der Waals surface area contributed by atoms with Crippen molar-refractivity contribution in [3.63, 3.8) is 0 Å². The van der Waals surface area contributed by atoms with Gasteiger partial charge in [0.1, 0.15) is 0 Å². The largest absolute Gasteiger partial charge is 0.493 e. The number of methoxy groups -OCH3 is 1. The van der Waals surface area contributed by atoms with Crippen molar-refractivity contribution in [2.75, 3.05) is 53.0 Å². The van der Waals surface area contributed by atoms with Crippen LogP contribution in [0.1, 0.15) is 44.6 Å². The summed E-state index contributed by atoms with van der Waals surface area (Å²) in [6.45, 7) is 9.51. The number of guanidine groups is 1. The molecule has 0 bridgehead atoms. The molecule has 1 saturated carbocycles. The summed E-state index contributed by atoms with van der Waals surface area (Å²) in [7, 11) is 1.70. The summed E-state index contributed by atoms with van der Waals surface area (Å²) in [6, 6.07) is 6.80. The first-order valence-electron chi connectivity index (χ1n) is 12.0. The maximum Gasteiger partial charge on any atom is 0.194 e. The highest BCUT2D eigenvalue weighted by Gasteiger charge is 2.30. The standard InChI is InChI=1S/C24H38N4O3.HI/c1-3-25-24(28-11-10-20(18-28)27-12-14-30-15-13-27)26-17-19-8-9-22(29-2)23(16-19)31-21-6-4-5-7-21;/h8-9,16,20-21H,3-7,10-15,17-18H2,1-2H3,(H,25,26);1H. The molecule has 1 unspecified atom stereocenters. The van der Waals surface area contributed by atoms with Crippen molar-refractivity contribution < 1.29 is 14.2 Å². The maximum absolute atomic E-state index is 6.26. The fraction of sp³-hybridized carbons (Fsp3) is 0.708. The van der Waals surface area contributed by atoms with E-state index < -0.39 is 0 Å². The van der Waals surface area contributed by atoms with Crippen molar-refractivity contribution in [1.29, 1.82) is 0 Å². The lowest BCUT2D eigenvalue weighted by atomic mass is 10.2. The summed E-state index contributed by atoms with van der Waals surface area (Å²) in [5.41, 5.74) is 1.15. The molecule has 3 fully saturated rings. The average Bonchev–Trinajstić information content (AvgIpc) is 3.50. The lowest BCUT2D eigenvalue weighted by molar-refractivity contribution is 0.0195. The van der Waals surface area contributed by atoms with E-state index in [0.29, 0.717) is 18.7 Å². The number of morpholine rings is 1. The molecule has 0 radical (unpaired) electrons. The van der Waals surface area contributed by atoms with Gasteiger partial charge in [-0.3, -0.25) is 4.90 Å². The van der Waals surface area contributed by atoms with Gasteiger partial charge >= 0.3 is 0 Å². The summed E-state index contributed by atoms with van der Waals surface area (Å²) in [4.78, 5) is 9.94. The molecule has 1 aromatic carbocycles. The number of rotatable bonds is 7. The van der Waals surface area contributed by atoms with E-state index >= 15 is 0 Å². The topological polar surface area (TPSA) is 58.6 Å². The molecular weight excluding hydrogens is 519 g/mol. The van der Waals surface area contributed by atoms with Crippen LogP contribution in [0.4, 0.5) is 0 Å². The van der Waals surface area contributed by atoms with Crippen LogP contribution in [-0.2, 0) is 11.3 Å². The monoisotopic (exact) mass is 558 g/mol. The van der Waals surface area contributed by atoms with Gasteiger partial charge in [0.2, 0.25) is 0 Å². The summed E-state index contributed by atoms with van der Waals surface area (Å²) < 4.78 is 17.3. The molecule has 2 aliphatic heterocycles. The van der Waals surface area contributed by atoms with Crippen molar-refractivity contribution in [2.45, 2.75) is 57.7 Å². The number of nitrogens with zero attached hydrogens (tertiary/aromatic N) is 3. The summed E-state index contributed by atoms with van der Waals surface area (Å²) >= 11 is 0. The van der Waals surface area contributed by atoms with Crippen LogP contribution in [0.15, 0.2) is 23.2 Å². The van der Waals surface area contributed by atoms with Gasteiger partial charge in [-0.1, -0.05) is 6.07 Å². The van der Waals surface area contributed by atoms with Gasteiger partial charge in [0, 0.05) is 38.8 Å². The smallest absolute Gasteiger partial charge is 0.194 e. The van der Waals surface area contributed by atoms with E-state index in [1.807, 2.05) is 6.07 Å². The number of hydrogen-bond donors (Lipinski definition) is 1. The number of benzene rings is 1. The number of nitrogens with one attached hydrogen (secondary N) is 1. The zero-order chi connectivity index (χ0) is 21.5. The van der Waals surface area contributed by atoms with Gasteiger partial charge in [-0.25, -0.2) is 4.99 Å².